The van der Waals surface area contributed by atoms with Gasteiger partial charge >= 0.3 is 0 Å². The molecule has 1 aromatic carbocycles. The van der Waals surface area contributed by atoms with Gasteiger partial charge in [-0.2, -0.15) is 0 Å². The monoisotopic (exact) mass is 394 g/mol. The molecule has 0 spiro atoms. The Kier molecular flexibility index (Phi) is 7.65. The molecule has 1 saturated heterocycles. The van der Waals surface area contributed by atoms with Crippen LogP contribution in [0.1, 0.15) is 32.8 Å². The van der Waals surface area contributed by atoms with Gasteiger partial charge in [0.05, 0.1) is 13.1 Å². The van der Waals surface area contributed by atoms with Gasteiger partial charge in [-0.25, -0.2) is 0 Å². The molecular weight excluding hydrogens is 364 g/mol. The molecular formula is C20H31ClN4O2. The van der Waals surface area contributed by atoms with Gasteiger partial charge in [0.2, 0.25) is 11.8 Å². The average Bonchev–Trinajstić information content (AvgIpc) is 2.75. The Morgan fingerprint density at radius 2 is 1.63 bits per heavy atom. The third-order valence-corrected chi connectivity index (χ3v) is 4.88. The SMILES string of the molecule is Cc1c(Cl)cccc1NC(=O)CN1CCCN(CC(=O)NC(C)(C)C)CC1. The van der Waals surface area contributed by atoms with Crippen LogP contribution in [0, 0.1) is 6.92 Å². The number of nitrogens with zero attached hydrogens (tertiary/aromatic N) is 2. The lowest BCUT2D eigenvalue weighted by Gasteiger charge is -2.25. The first kappa shape index (κ1) is 21.7. The first-order valence-corrected chi connectivity index (χ1v) is 9.82. The lowest BCUT2D eigenvalue weighted by molar-refractivity contribution is -0.123. The highest BCUT2D eigenvalue weighted by Gasteiger charge is 2.21. The number of carbonyl (C=O) groups is 2. The van der Waals surface area contributed by atoms with Crippen LogP contribution in [-0.4, -0.2) is 66.4 Å². The molecule has 0 unspecified atom stereocenters. The van der Waals surface area contributed by atoms with E-state index >= 15 is 0 Å². The Bertz CT molecular complexity index is 672. The van der Waals surface area contributed by atoms with E-state index in [2.05, 4.69) is 20.4 Å². The van der Waals surface area contributed by atoms with E-state index in [4.69, 9.17) is 11.6 Å². The van der Waals surface area contributed by atoms with Crippen LogP contribution in [0.15, 0.2) is 18.2 Å². The summed E-state index contributed by atoms with van der Waals surface area (Å²) in [6, 6.07) is 5.50. The molecule has 0 saturated carbocycles. The number of nitrogens with one attached hydrogen (secondary N) is 2. The summed E-state index contributed by atoms with van der Waals surface area (Å²) in [5.74, 6) is 0.00409. The lowest BCUT2D eigenvalue weighted by atomic mass is 10.1. The van der Waals surface area contributed by atoms with Gasteiger partial charge in [0, 0.05) is 29.3 Å². The highest BCUT2D eigenvalue weighted by atomic mass is 35.5. The highest BCUT2D eigenvalue weighted by Crippen LogP contribution is 2.22. The van der Waals surface area contributed by atoms with E-state index < -0.39 is 0 Å². The maximum Gasteiger partial charge on any atom is 0.238 e. The van der Waals surface area contributed by atoms with Crippen molar-refractivity contribution in [2.24, 2.45) is 0 Å². The van der Waals surface area contributed by atoms with E-state index in [1.165, 1.54) is 0 Å². The average molecular weight is 395 g/mol. The number of carbonyl (C=O) groups excluding carboxylic acids is 2. The molecule has 1 aliphatic heterocycles. The zero-order valence-electron chi connectivity index (χ0n) is 16.8. The van der Waals surface area contributed by atoms with Crippen molar-refractivity contribution in [3.05, 3.63) is 28.8 Å². The van der Waals surface area contributed by atoms with Crippen LogP contribution in [0.3, 0.4) is 0 Å². The quantitative estimate of drug-likeness (QED) is 0.805. The third kappa shape index (κ3) is 7.48. The number of hydrogen-bond donors (Lipinski definition) is 2. The highest BCUT2D eigenvalue weighted by molar-refractivity contribution is 6.31. The van der Waals surface area contributed by atoms with Crippen molar-refractivity contribution in [2.75, 3.05) is 44.6 Å². The molecule has 1 fully saturated rings. The smallest absolute Gasteiger partial charge is 0.238 e. The second-order valence-corrected chi connectivity index (χ2v) is 8.57. The summed E-state index contributed by atoms with van der Waals surface area (Å²) >= 11 is 6.11. The summed E-state index contributed by atoms with van der Waals surface area (Å²) in [6.07, 6.45) is 0.937. The molecule has 0 bridgehead atoms. The Balaban J connectivity index is 1.81. The van der Waals surface area contributed by atoms with Crippen LogP contribution in [0.2, 0.25) is 5.02 Å². The van der Waals surface area contributed by atoms with Gasteiger partial charge in [-0.3, -0.25) is 19.4 Å². The van der Waals surface area contributed by atoms with Gasteiger partial charge in [0.25, 0.3) is 0 Å². The predicted octanol–water partition coefficient (Wildman–Crippen LogP) is 2.51. The molecule has 0 radical (unpaired) electrons. The number of halogens is 1. The zero-order chi connectivity index (χ0) is 20.0. The minimum Gasteiger partial charge on any atom is -0.350 e. The third-order valence-electron chi connectivity index (χ3n) is 4.47. The van der Waals surface area contributed by atoms with Gasteiger partial charge in [0.1, 0.15) is 0 Å². The van der Waals surface area contributed by atoms with Crippen molar-refractivity contribution in [2.45, 2.75) is 39.7 Å². The topological polar surface area (TPSA) is 64.7 Å². The summed E-state index contributed by atoms with van der Waals surface area (Å²) in [5, 5.41) is 6.59. The zero-order valence-corrected chi connectivity index (χ0v) is 17.5. The van der Waals surface area contributed by atoms with Crippen molar-refractivity contribution < 1.29 is 9.59 Å². The second-order valence-electron chi connectivity index (χ2n) is 8.16. The molecule has 2 rings (SSSR count). The van der Waals surface area contributed by atoms with Crippen molar-refractivity contribution in [1.29, 1.82) is 0 Å². The summed E-state index contributed by atoms with van der Waals surface area (Å²) in [6.45, 7) is 11.8. The van der Waals surface area contributed by atoms with Gasteiger partial charge in [0.15, 0.2) is 0 Å². The molecule has 1 aliphatic rings. The fraction of sp³-hybridized carbons (Fsp3) is 0.600. The fourth-order valence-electron chi connectivity index (χ4n) is 3.14. The van der Waals surface area contributed by atoms with Crippen molar-refractivity contribution in [1.82, 2.24) is 15.1 Å². The summed E-state index contributed by atoms with van der Waals surface area (Å²) < 4.78 is 0. The maximum atomic E-state index is 12.4. The Morgan fingerprint density at radius 3 is 2.22 bits per heavy atom. The van der Waals surface area contributed by atoms with Gasteiger partial charge in [-0.05, 0) is 64.9 Å². The van der Waals surface area contributed by atoms with Gasteiger partial charge < -0.3 is 10.6 Å². The van der Waals surface area contributed by atoms with Crippen LogP contribution in [0.25, 0.3) is 0 Å². The molecule has 0 aliphatic carbocycles. The van der Waals surface area contributed by atoms with Crippen molar-refractivity contribution in [3.63, 3.8) is 0 Å². The van der Waals surface area contributed by atoms with Crippen molar-refractivity contribution >= 4 is 29.1 Å². The van der Waals surface area contributed by atoms with Crippen LogP contribution < -0.4 is 10.6 Å². The van der Waals surface area contributed by atoms with E-state index in [0.717, 1.165) is 43.9 Å². The largest absolute Gasteiger partial charge is 0.350 e. The first-order valence-electron chi connectivity index (χ1n) is 9.45. The van der Waals surface area contributed by atoms with E-state index in [9.17, 15) is 9.59 Å². The number of rotatable bonds is 5. The van der Waals surface area contributed by atoms with Crippen LogP contribution >= 0.6 is 11.6 Å². The van der Waals surface area contributed by atoms with Crippen molar-refractivity contribution in [3.8, 4) is 0 Å². The van der Waals surface area contributed by atoms with E-state index in [-0.39, 0.29) is 17.4 Å². The van der Waals surface area contributed by atoms with Gasteiger partial charge in [-0.15, -0.1) is 0 Å². The number of hydrogen-bond acceptors (Lipinski definition) is 4. The molecule has 150 valence electrons. The first-order chi connectivity index (χ1) is 12.6. The second kappa shape index (κ2) is 9.53. The molecule has 0 atom stereocenters. The van der Waals surface area contributed by atoms with Crippen LogP contribution in [0.5, 0.6) is 0 Å². The predicted molar refractivity (Wildman–Crippen MR) is 110 cm³/mol. The Morgan fingerprint density at radius 1 is 1.04 bits per heavy atom. The molecule has 2 N–H and O–H groups in total. The molecule has 6 nitrogen and oxygen atoms in total. The van der Waals surface area contributed by atoms with Crippen LogP contribution in [0.4, 0.5) is 5.69 Å². The van der Waals surface area contributed by atoms with Crippen LogP contribution in [-0.2, 0) is 9.59 Å². The van der Waals surface area contributed by atoms with E-state index in [1.807, 2.05) is 45.9 Å². The molecule has 7 heteroatoms. The molecule has 27 heavy (non-hydrogen) atoms. The molecule has 1 aromatic rings. The Hall–Kier alpha value is -1.63. The Labute approximate surface area is 167 Å². The van der Waals surface area contributed by atoms with E-state index in [0.29, 0.717) is 18.1 Å². The number of benzene rings is 1. The lowest BCUT2D eigenvalue weighted by Crippen LogP contribution is -2.46. The maximum absolute atomic E-state index is 12.4. The molecule has 0 aromatic heterocycles. The number of anilines is 1. The summed E-state index contributed by atoms with van der Waals surface area (Å²) in [7, 11) is 0. The molecule has 1 heterocycles. The minimum absolute atomic E-state index is 0.0423. The number of amides is 2. The standard InChI is InChI=1S/C20H31ClN4O2/c1-15-16(21)7-5-8-17(15)22-18(26)13-24-9-6-10-25(12-11-24)14-19(27)23-20(2,3)4/h5,7-8H,6,9-14H2,1-4H3,(H,22,26)(H,23,27). The van der Waals surface area contributed by atoms with Gasteiger partial charge in [-0.1, -0.05) is 17.7 Å². The van der Waals surface area contributed by atoms with E-state index in [1.54, 1.807) is 0 Å². The summed E-state index contributed by atoms with van der Waals surface area (Å²) in [5.41, 5.74) is 1.41. The summed E-state index contributed by atoms with van der Waals surface area (Å²) in [4.78, 5) is 28.8. The minimum atomic E-state index is -0.217. The normalized spacial score (nSPS) is 16.6. The molecule has 2 amide bonds. The fourth-order valence-corrected chi connectivity index (χ4v) is 3.31.